The van der Waals surface area contributed by atoms with Crippen molar-refractivity contribution in [2.75, 3.05) is 46.3 Å². The number of nitrogens with zero attached hydrogens (tertiary/aromatic N) is 2. The molecule has 3 heteroatoms. The highest BCUT2D eigenvalue weighted by atomic mass is 15.2. The molecule has 0 radical (unpaired) electrons. The van der Waals surface area contributed by atoms with Gasteiger partial charge in [0.2, 0.25) is 0 Å². The van der Waals surface area contributed by atoms with Gasteiger partial charge in [0.25, 0.3) is 0 Å². The summed E-state index contributed by atoms with van der Waals surface area (Å²) in [5.41, 5.74) is 4.29. The zero-order valence-corrected chi connectivity index (χ0v) is 17.0. The van der Waals surface area contributed by atoms with E-state index in [1.165, 1.54) is 55.8 Å². The second-order valence-electron chi connectivity index (χ2n) is 7.88. The van der Waals surface area contributed by atoms with Crippen LogP contribution in [0.5, 0.6) is 0 Å². The molecule has 1 aliphatic heterocycles. The molecule has 1 heterocycles. The van der Waals surface area contributed by atoms with E-state index in [9.17, 15) is 0 Å². The number of piperazine rings is 1. The Hall–Kier alpha value is -1.68. The van der Waals surface area contributed by atoms with Crippen LogP contribution in [0.2, 0.25) is 0 Å². The van der Waals surface area contributed by atoms with Crippen molar-refractivity contribution in [1.29, 1.82) is 0 Å². The van der Waals surface area contributed by atoms with Gasteiger partial charge in [0.05, 0.1) is 0 Å². The lowest BCUT2D eigenvalue weighted by atomic mass is 9.94. The van der Waals surface area contributed by atoms with Gasteiger partial charge >= 0.3 is 0 Å². The lowest BCUT2D eigenvalue weighted by molar-refractivity contribution is 0.153. The van der Waals surface area contributed by atoms with Gasteiger partial charge in [-0.3, -0.25) is 0 Å². The van der Waals surface area contributed by atoms with Gasteiger partial charge in [-0.2, -0.15) is 0 Å². The number of rotatable bonds is 8. The van der Waals surface area contributed by atoms with E-state index in [2.05, 4.69) is 83.7 Å². The minimum Gasteiger partial charge on any atom is -0.313 e. The van der Waals surface area contributed by atoms with Gasteiger partial charge < -0.3 is 15.1 Å². The van der Waals surface area contributed by atoms with Crippen molar-refractivity contribution < 1.29 is 0 Å². The number of nitrogens with one attached hydrogen (secondary N) is 1. The van der Waals surface area contributed by atoms with Crippen LogP contribution in [-0.4, -0.2) is 56.1 Å². The van der Waals surface area contributed by atoms with E-state index >= 15 is 0 Å². The SMILES string of the molecule is CC1C=CC=C/C1=C/Cc1ccccc1CNCCCN1CCN(C)CC1. The molecule has 1 unspecified atom stereocenters. The fourth-order valence-corrected chi connectivity index (χ4v) is 3.79. The van der Waals surface area contributed by atoms with Gasteiger partial charge in [0.15, 0.2) is 0 Å². The van der Waals surface area contributed by atoms with Crippen molar-refractivity contribution >= 4 is 0 Å². The van der Waals surface area contributed by atoms with Gasteiger partial charge in [-0.05, 0) is 55.6 Å². The third-order valence-corrected chi connectivity index (χ3v) is 5.74. The van der Waals surface area contributed by atoms with Crippen LogP contribution in [0.3, 0.4) is 0 Å². The zero-order valence-electron chi connectivity index (χ0n) is 17.0. The number of hydrogen-bond acceptors (Lipinski definition) is 3. The largest absolute Gasteiger partial charge is 0.313 e. The van der Waals surface area contributed by atoms with Crippen LogP contribution in [0, 0.1) is 5.92 Å². The van der Waals surface area contributed by atoms with Crippen LogP contribution in [0.25, 0.3) is 0 Å². The molecule has 0 aromatic heterocycles. The fourth-order valence-electron chi connectivity index (χ4n) is 3.79. The van der Waals surface area contributed by atoms with Crippen molar-refractivity contribution in [2.24, 2.45) is 5.92 Å². The third-order valence-electron chi connectivity index (χ3n) is 5.74. The second-order valence-corrected chi connectivity index (χ2v) is 7.88. The molecule has 3 nitrogen and oxygen atoms in total. The number of allylic oxidation sites excluding steroid dienone is 6. The molecule has 0 bridgehead atoms. The molecular formula is C24H35N3. The Morgan fingerprint density at radius 3 is 2.63 bits per heavy atom. The first-order valence-corrected chi connectivity index (χ1v) is 10.5. The topological polar surface area (TPSA) is 18.5 Å². The Kier molecular flexibility index (Phi) is 7.88. The maximum absolute atomic E-state index is 3.65. The summed E-state index contributed by atoms with van der Waals surface area (Å²) in [6.07, 6.45) is 13.4. The van der Waals surface area contributed by atoms with Gasteiger partial charge in [0.1, 0.15) is 0 Å². The van der Waals surface area contributed by atoms with E-state index in [4.69, 9.17) is 0 Å². The van der Waals surface area contributed by atoms with Crippen molar-refractivity contribution in [2.45, 2.75) is 26.3 Å². The highest BCUT2D eigenvalue weighted by Crippen LogP contribution is 2.19. The van der Waals surface area contributed by atoms with Crippen molar-refractivity contribution in [3.63, 3.8) is 0 Å². The van der Waals surface area contributed by atoms with Crippen LogP contribution < -0.4 is 5.32 Å². The highest BCUT2D eigenvalue weighted by Gasteiger charge is 2.12. The normalized spacial score (nSPS) is 22.6. The molecule has 1 saturated heterocycles. The predicted molar refractivity (Wildman–Crippen MR) is 116 cm³/mol. The summed E-state index contributed by atoms with van der Waals surface area (Å²) in [7, 11) is 2.22. The molecule has 0 amide bonds. The first-order chi connectivity index (χ1) is 13.2. The van der Waals surface area contributed by atoms with E-state index in [0.29, 0.717) is 5.92 Å². The summed E-state index contributed by atoms with van der Waals surface area (Å²) in [6.45, 7) is 10.4. The summed E-state index contributed by atoms with van der Waals surface area (Å²) in [6, 6.07) is 8.85. The van der Waals surface area contributed by atoms with Crippen molar-refractivity contribution in [3.05, 3.63) is 71.3 Å². The molecule has 0 spiro atoms. The van der Waals surface area contributed by atoms with E-state index in [0.717, 1.165) is 19.5 Å². The quantitative estimate of drug-likeness (QED) is 0.710. The molecule has 1 N–H and O–H groups in total. The van der Waals surface area contributed by atoms with Crippen LogP contribution >= 0.6 is 0 Å². The van der Waals surface area contributed by atoms with E-state index in [-0.39, 0.29) is 0 Å². The lowest BCUT2D eigenvalue weighted by Gasteiger charge is -2.32. The number of likely N-dealkylation sites (N-methyl/N-ethyl adjacent to an activating group) is 1. The summed E-state index contributed by atoms with van der Waals surface area (Å²) in [5, 5.41) is 3.65. The van der Waals surface area contributed by atoms with E-state index in [1.807, 2.05) is 0 Å². The molecule has 1 fully saturated rings. The zero-order chi connectivity index (χ0) is 18.9. The van der Waals surface area contributed by atoms with E-state index < -0.39 is 0 Å². The highest BCUT2D eigenvalue weighted by molar-refractivity contribution is 5.35. The Morgan fingerprint density at radius 2 is 1.85 bits per heavy atom. The van der Waals surface area contributed by atoms with Gasteiger partial charge in [0, 0.05) is 32.7 Å². The molecular weight excluding hydrogens is 330 g/mol. The summed E-state index contributed by atoms with van der Waals surface area (Å²) >= 11 is 0. The number of benzene rings is 1. The van der Waals surface area contributed by atoms with Crippen LogP contribution in [0.1, 0.15) is 24.5 Å². The standard InChI is InChI=1S/C24H35N3/c1-21-8-3-4-9-22(21)12-13-23-10-5-6-11-24(23)20-25-14-7-15-27-18-16-26(2)17-19-27/h3-6,8-12,21,25H,7,13-20H2,1-2H3/b22-12-. The Bertz CT molecular complexity index is 666. The minimum atomic E-state index is 0.523. The molecule has 3 rings (SSSR count). The van der Waals surface area contributed by atoms with Crippen molar-refractivity contribution in [1.82, 2.24) is 15.1 Å². The molecule has 1 atom stereocenters. The maximum atomic E-state index is 3.65. The lowest BCUT2D eigenvalue weighted by Crippen LogP contribution is -2.45. The molecule has 27 heavy (non-hydrogen) atoms. The number of hydrogen-bond donors (Lipinski definition) is 1. The van der Waals surface area contributed by atoms with Crippen LogP contribution in [-0.2, 0) is 13.0 Å². The third kappa shape index (κ3) is 6.46. The fraction of sp³-hybridized carbons (Fsp3) is 0.500. The summed E-state index contributed by atoms with van der Waals surface area (Å²) in [4.78, 5) is 5.01. The van der Waals surface area contributed by atoms with E-state index in [1.54, 1.807) is 0 Å². The smallest absolute Gasteiger partial charge is 0.0208 e. The summed E-state index contributed by atoms with van der Waals surface area (Å²) in [5.74, 6) is 0.523. The van der Waals surface area contributed by atoms with Gasteiger partial charge in [-0.25, -0.2) is 0 Å². The molecule has 1 aromatic carbocycles. The van der Waals surface area contributed by atoms with Gasteiger partial charge in [-0.1, -0.05) is 61.6 Å². The van der Waals surface area contributed by atoms with Gasteiger partial charge in [-0.15, -0.1) is 0 Å². The Balaban J connectivity index is 1.42. The first-order valence-electron chi connectivity index (χ1n) is 10.5. The molecule has 0 saturated carbocycles. The molecule has 1 aromatic rings. The average molecular weight is 366 g/mol. The minimum absolute atomic E-state index is 0.523. The van der Waals surface area contributed by atoms with Crippen LogP contribution in [0.15, 0.2) is 60.2 Å². The predicted octanol–water partition coefficient (Wildman–Crippen LogP) is 3.64. The monoisotopic (exact) mass is 365 g/mol. The molecule has 146 valence electrons. The maximum Gasteiger partial charge on any atom is 0.0208 e. The average Bonchev–Trinajstić information content (AvgIpc) is 2.69. The van der Waals surface area contributed by atoms with Crippen molar-refractivity contribution in [3.8, 4) is 0 Å². The Labute approximate surface area is 165 Å². The Morgan fingerprint density at radius 1 is 1.07 bits per heavy atom. The van der Waals surface area contributed by atoms with Crippen LogP contribution in [0.4, 0.5) is 0 Å². The second kappa shape index (κ2) is 10.6. The first kappa shape index (κ1) is 20.1. The molecule has 1 aliphatic carbocycles. The summed E-state index contributed by atoms with van der Waals surface area (Å²) < 4.78 is 0. The molecule has 2 aliphatic rings.